The molecule has 150 valence electrons. The van der Waals surface area contributed by atoms with Crippen LogP contribution < -0.4 is 9.64 Å². The van der Waals surface area contributed by atoms with Crippen LogP contribution in [0, 0.1) is 0 Å². The third kappa shape index (κ3) is 4.34. The zero-order valence-corrected chi connectivity index (χ0v) is 16.6. The molecular formula is C22H19F3N2OS. The molecule has 0 aliphatic carbocycles. The molecule has 7 heteroatoms. The number of pyridine rings is 1. The van der Waals surface area contributed by atoms with Crippen molar-refractivity contribution >= 4 is 17.6 Å². The van der Waals surface area contributed by atoms with E-state index in [9.17, 15) is 13.2 Å². The van der Waals surface area contributed by atoms with Gasteiger partial charge in [0.15, 0.2) is 0 Å². The molecule has 3 aromatic rings. The molecule has 1 aliphatic heterocycles. The summed E-state index contributed by atoms with van der Waals surface area (Å²) in [4.78, 5) is 6.90. The molecule has 1 aliphatic rings. The van der Waals surface area contributed by atoms with Crippen LogP contribution in [0.2, 0.25) is 0 Å². The van der Waals surface area contributed by atoms with Crippen molar-refractivity contribution in [3.8, 4) is 11.5 Å². The Labute approximate surface area is 171 Å². The lowest BCUT2D eigenvalue weighted by Gasteiger charge is -2.31. The zero-order chi connectivity index (χ0) is 20.4. The second-order valence-corrected chi connectivity index (χ2v) is 7.55. The minimum absolute atomic E-state index is 0.392. The smallest absolute Gasteiger partial charge is 0.416 e. The van der Waals surface area contributed by atoms with Gasteiger partial charge in [0.2, 0.25) is 0 Å². The van der Waals surface area contributed by atoms with Crippen molar-refractivity contribution in [2.24, 2.45) is 0 Å². The third-order valence-electron chi connectivity index (χ3n) is 4.87. The summed E-state index contributed by atoms with van der Waals surface area (Å²) >= 11 is 1.61. The molecule has 0 N–H and O–H groups in total. The standard InChI is InChI=1S/C22H19F3N2OS/c1-29-21-7-3-6-20(26-21)27-13-12-18-15(14-27)4-2-5-19(18)28-17-10-8-16(9-11-17)22(23,24)25/h2-11H,12-14H2,1H3. The normalized spacial score (nSPS) is 13.9. The lowest BCUT2D eigenvalue weighted by atomic mass is 9.98. The molecule has 4 rings (SSSR count). The van der Waals surface area contributed by atoms with Gasteiger partial charge in [0, 0.05) is 18.7 Å². The van der Waals surface area contributed by atoms with Gasteiger partial charge in [-0.2, -0.15) is 13.2 Å². The summed E-state index contributed by atoms with van der Waals surface area (Å²) in [7, 11) is 0. The Balaban J connectivity index is 1.54. The van der Waals surface area contributed by atoms with Gasteiger partial charge in [-0.05, 0) is 60.7 Å². The van der Waals surface area contributed by atoms with E-state index < -0.39 is 11.7 Å². The number of halogens is 3. The van der Waals surface area contributed by atoms with Crippen LogP contribution in [0.15, 0.2) is 65.7 Å². The summed E-state index contributed by atoms with van der Waals surface area (Å²) < 4.78 is 44.1. The van der Waals surface area contributed by atoms with E-state index in [1.807, 2.05) is 36.6 Å². The first kappa shape index (κ1) is 19.6. The summed E-state index contributed by atoms with van der Waals surface area (Å²) in [5, 5.41) is 0.979. The first-order valence-corrected chi connectivity index (χ1v) is 10.4. The van der Waals surface area contributed by atoms with Crippen LogP contribution in [-0.4, -0.2) is 17.8 Å². The molecule has 0 unspecified atom stereocenters. The monoisotopic (exact) mass is 416 g/mol. The number of hydrogen-bond donors (Lipinski definition) is 0. The van der Waals surface area contributed by atoms with E-state index in [2.05, 4.69) is 16.0 Å². The number of nitrogens with zero attached hydrogens (tertiary/aromatic N) is 2. The molecule has 0 saturated heterocycles. The average molecular weight is 416 g/mol. The molecule has 0 radical (unpaired) electrons. The molecule has 0 amide bonds. The predicted molar refractivity (Wildman–Crippen MR) is 109 cm³/mol. The Morgan fingerprint density at radius 1 is 1.00 bits per heavy atom. The van der Waals surface area contributed by atoms with E-state index in [-0.39, 0.29) is 0 Å². The Bertz CT molecular complexity index is 1010. The van der Waals surface area contributed by atoms with Crippen molar-refractivity contribution < 1.29 is 17.9 Å². The van der Waals surface area contributed by atoms with Crippen LogP contribution >= 0.6 is 11.8 Å². The summed E-state index contributed by atoms with van der Waals surface area (Å²) in [5.41, 5.74) is 1.54. The van der Waals surface area contributed by atoms with Crippen LogP contribution in [0.25, 0.3) is 0 Å². The largest absolute Gasteiger partial charge is 0.457 e. The zero-order valence-electron chi connectivity index (χ0n) is 15.7. The van der Waals surface area contributed by atoms with Gasteiger partial charge in [0.1, 0.15) is 17.3 Å². The number of hydrogen-bond acceptors (Lipinski definition) is 4. The van der Waals surface area contributed by atoms with E-state index in [1.54, 1.807) is 11.8 Å². The molecule has 0 atom stereocenters. The average Bonchev–Trinajstić information content (AvgIpc) is 2.73. The van der Waals surface area contributed by atoms with E-state index in [4.69, 9.17) is 4.74 Å². The lowest BCUT2D eigenvalue weighted by molar-refractivity contribution is -0.137. The summed E-state index contributed by atoms with van der Waals surface area (Å²) in [6.07, 6.45) is -1.57. The minimum atomic E-state index is -4.35. The quantitative estimate of drug-likeness (QED) is 0.475. The highest BCUT2D eigenvalue weighted by Gasteiger charge is 2.30. The maximum Gasteiger partial charge on any atom is 0.416 e. The van der Waals surface area contributed by atoms with E-state index >= 15 is 0 Å². The molecule has 0 spiro atoms. The fourth-order valence-electron chi connectivity index (χ4n) is 3.40. The van der Waals surface area contributed by atoms with Gasteiger partial charge in [-0.25, -0.2) is 4.98 Å². The second kappa shape index (κ2) is 7.99. The van der Waals surface area contributed by atoms with Crippen molar-refractivity contribution in [3.63, 3.8) is 0 Å². The van der Waals surface area contributed by atoms with Crippen LogP contribution in [0.4, 0.5) is 19.0 Å². The molecule has 0 fully saturated rings. The fourth-order valence-corrected chi connectivity index (χ4v) is 3.80. The van der Waals surface area contributed by atoms with Gasteiger partial charge in [-0.1, -0.05) is 18.2 Å². The van der Waals surface area contributed by atoms with E-state index in [1.165, 1.54) is 12.1 Å². The topological polar surface area (TPSA) is 25.4 Å². The van der Waals surface area contributed by atoms with E-state index in [0.717, 1.165) is 47.1 Å². The first-order valence-electron chi connectivity index (χ1n) is 9.16. The van der Waals surface area contributed by atoms with Crippen LogP contribution in [0.1, 0.15) is 16.7 Å². The van der Waals surface area contributed by atoms with Gasteiger partial charge >= 0.3 is 6.18 Å². The third-order valence-corrected chi connectivity index (χ3v) is 5.52. The highest BCUT2D eigenvalue weighted by Crippen LogP contribution is 2.35. The van der Waals surface area contributed by atoms with Crippen LogP contribution in [0.5, 0.6) is 11.5 Å². The Kier molecular flexibility index (Phi) is 5.41. The van der Waals surface area contributed by atoms with Crippen molar-refractivity contribution in [2.45, 2.75) is 24.2 Å². The number of thioether (sulfide) groups is 1. The van der Waals surface area contributed by atoms with Gasteiger partial charge in [0.05, 0.1) is 10.6 Å². The van der Waals surface area contributed by atoms with Gasteiger partial charge in [-0.15, -0.1) is 11.8 Å². The maximum absolute atomic E-state index is 12.7. The van der Waals surface area contributed by atoms with Crippen LogP contribution in [-0.2, 0) is 19.1 Å². The number of aromatic nitrogens is 1. The second-order valence-electron chi connectivity index (χ2n) is 6.73. The Hall–Kier alpha value is -2.67. The number of benzene rings is 2. The highest BCUT2D eigenvalue weighted by atomic mass is 32.2. The minimum Gasteiger partial charge on any atom is -0.457 e. The van der Waals surface area contributed by atoms with Crippen molar-refractivity contribution in [1.82, 2.24) is 4.98 Å². The van der Waals surface area contributed by atoms with E-state index in [0.29, 0.717) is 18.0 Å². The van der Waals surface area contributed by atoms with Crippen LogP contribution in [0.3, 0.4) is 0 Å². The molecule has 3 nitrogen and oxygen atoms in total. The number of anilines is 1. The van der Waals surface area contributed by atoms with Crippen molar-refractivity contribution in [2.75, 3.05) is 17.7 Å². The fraction of sp³-hybridized carbons (Fsp3) is 0.227. The molecule has 0 bridgehead atoms. The predicted octanol–water partition coefficient (Wildman–Crippen LogP) is 6.18. The molecule has 1 aromatic heterocycles. The van der Waals surface area contributed by atoms with Crippen molar-refractivity contribution in [3.05, 3.63) is 77.4 Å². The van der Waals surface area contributed by atoms with Crippen molar-refractivity contribution in [1.29, 1.82) is 0 Å². The first-order chi connectivity index (χ1) is 13.9. The Morgan fingerprint density at radius 3 is 2.48 bits per heavy atom. The SMILES string of the molecule is CSc1cccc(N2CCc3c(cccc3Oc3ccc(C(F)(F)F)cc3)C2)n1. The number of rotatable bonds is 4. The van der Waals surface area contributed by atoms with Gasteiger partial charge in [0.25, 0.3) is 0 Å². The number of ether oxygens (including phenoxy) is 1. The number of alkyl halides is 3. The maximum atomic E-state index is 12.7. The summed E-state index contributed by atoms with van der Waals surface area (Å²) in [6, 6.07) is 16.6. The number of fused-ring (bicyclic) bond motifs is 1. The lowest BCUT2D eigenvalue weighted by Crippen LogP contribution is -2.31. The molecule has 29 heavy (non-hydrogen) atoms. The molecule has 2 aromatic carbocycles. The molecule has 0 saturated carbocycles. The van der Waals surface area contributed by atoms with Gasteiger partial charge in [-0.3, -0.25) is 0 Å². The highest BCUT2D eigenvalue weighted by molar-refractivity contribution is 7.98. The summed E-state index contributed by atoms with van der Waals surface area (Å²) in [6.45, 7) is 1.51. The van der Waals surface area contributed by atoms with Gasteiger partial charge < -0.3 is 9.64 Å². The molecule has 2 heterocycles. The Morgan fingerprint density at radius 2 is 1.76 bits per heavy atom. The summed E-state index contributed by atoms with van der Waals surface area (Å²) in [5.74, 6) is 2.02. The molecular weight excluding hydrogens is 397 g/mol.